The zero-order valence-electron chi connectivity index (χ0n) is 26.4. The molecule has 0 heterocycles. The van der Waals surface area contributed by atoms with Crippen molar-refractivity contribution in [2.45, 2.75) is 109 Å². The molecule has 0 saturated carbocycles. The van der Waals surface area contributed by atoms with Crippen molar-refractivity contribution >= 4 is 8.80 Å². The van der Waals surface area contributed by atoms with Crippen molar-refractivity contribution in [1.82, 2.24) is 0 Å². The van der Waals surface area contributed by atoms with E-state index in [4.69, 9.17) is 27.5 Å². The molecule has 0 saturated heterocycles. The smallest absolute Gasteiger partial charge is 0.382 e. The first-order chi connectivity index (χ1) is 18.4. The summed E-state index contributed by atoms with van der Waals surface area (Å²) in [6.45, 7) is 7.58. The van der Waals surface area contributed by atoms with Gasteiger partial charge in [0.15, 0.2) is 0 Å². The van der Waals surface area contributed by atoms with Crippen molar-refractivity contribution in [3.05, 3.63) is 0 Å². The highest BCUT2D eigenvalue weighted by Crippen LogP contribution is 2.20. The molecule has 0 aromatic carbocycles. The molecule has 0 aromatic rings. The predicted octanol–water partition coefficient (Wildman–Crippen LogP) is 6.86. The number of hydrogen-bond donors (Lipinski definition) is 0. The summed E-state index contributed by atoms with van der Waals surface area (Å²) in [5.41, 5.74) is 0. The Kier molecular flexibility index (Phi) is 27.1. The summed E-state index contributed by atoms with van der Waals surface area (Å²) in [4.78, 5) is 0. The van der Waals surface area contributed by atoms with Crippen LogP contribution in [0.2, 0.25) is 6.04 Å². The second-order valence-electron chi connectivity index (χ2n) is 11.3. The molecule has 0 aliphatic heterocycles. The van der Waals surface area contributed by atoms with Crippen LogP contribution in [0.25, 0.3) is 0 Å². The van der Waals surface area contributed by atoms with Crippen molar-refractivity contribution < 1.29 is 32.0 Å². The van der Waals surface area contributed by atoms with Gasteiger partial charge in [0.05, 0.1) is 66.8 Å². The first-order valence-electron chi connectivity index (χ1n) is 15.7. The average Bonchev–Trinajstić information content (AvgIpc) is 2.89. The second kappa shape index (κ2) is 27.1. The lowest BCUT2D eigenvalue weighted by molar-refractivity contribution is -0.890. The maximum absolute atomic E-state index is 6.22. The first kappa shape index (κ1) is 37.9. The van der Waals surface area contributed by atoms with Crippen LogP contribution in [-0.4, -0.2) is 101 Å². The van der Waals surface area contributed by atoms with Gasteiger partial charge in [-0.05, 0) is 12.8 Å². The van der Waals surface area contributed by atoms with Crippen LogP contribution in [0.1, 0.15) is 103 Å². The largest absolute Gasteiger partial charge is 0.501 e. The fourth-order valence-electron chi connectivity index (χ4n) is 4.75. The molecule has 0 aliphatic rings. The molecule has 0 aromatic heterocycles. The lowest BCUT2D eigenvalue weighted by Gasteiger charge is -2.33. The van der Waals surface area contributed by atoms with Crippen LogP contribution in [0.3, 0.4) is 0 Å². The topological polar surface area (TPSA) is 55.4 Å². The van der Waals surface area contributed by atoms with Gasteiger partial charge in [-0.3, -0.25) is 0 Å². The summed E-state index contributed by atoms with van der Waals surface area (Å²) < 4.78 is 35.3. The Balaban J connectivity index is 4.18. The second-order valence-corrected chi connectivity index (χ2v) is 14.0. The SMILES string of the molecule is CCCCCCCCCCCCCCCC[N+](C)(C)CCC[Si](OCCOC)(OCCOC)OCCOC. The van der Waals surface area contributed by atoms with Crippen LogP contribution < -0.4 is 0 Å². The van der Waals surface area contributed by atoms with E-state index in [9.17, 15) is 0 Å². The van der Waals surface area contributed by atoms with Crippen molar-refractivity contribution in [3.63, 3.8) is 0 Å². The highest BCUT2D eigenvalue weighted by atomic mass is 28.4. The molecule has 0 atom stereocenters. The minimum absolute atomic E-state index is 0.472. The molecule has 0 rings (SSSR count). The Morgan fingerprint density at radius 3 is 1.16 bits per heavy atom. The third kappa shape index (κ3) is 23.8. The highest BCUT2D eigenvalue weighted by Gasteiger charge is 2.41. The molecule has 230 valence electrons. The van der Waals surface area contributed by atoms with Crippen LogP contribution in [0.4, 0.5) is 0 Å². The van der Waals surface area contributed by atoms with Crippen LogP contribution in [0.5, 0.6) is 0 Å². The van der Waals surface area contributed by atoms with Gasteiger partial charge in [-0.2, -0.15) is 0 Å². The van der Waals surface area contributed by atoms with Gasteiger partial charge < -0.3 is 32.0 Å². The molecule has 0 bridgehead atoms. The van der Waals surface area contributed by atoms with E-state index in [0.717, 1.165) is 23.5 Å². The van der Waals surface area contributed by atoms with Gasteiger partial charge in [0, 0.05) is 33.8 Å². The van der Waals surface area contributed by atoms with Gasteiger partial charge >= 0.3 is 8.80 Å². The summed E-state index contributed by atoms with van der Waals surface area (Å²) in [6.07, 6.45) is 20.7. The summed E-state index contributed by atoms with van der Waals surface area (Å²) in [6, 6.07) is 0.796. The maximum Gasteiger partial charge on any atom is 0.501 e. The van der Waals surface area contributed by atoms with E-state index in [-0.39, 0.29) is 0 Å². The molecule has 7 nitrogen and oxygen atoms in total. The quantitative estimate of drug-likeness (QED) is 0.0521. The van der Waals surface area contributed by atoms with E-state index in [1.54, 1.807) is 21.3 Å². The van der Waals surface area contributed by atoms with E-state index >= 15 is 0 Å². The van der Waals surface area contributed by atoms with E-state index in [2.05, 4.69) is 21.0 Å². The van der Waals surface area contributed by atoms with Gasteiger partial charge in [0.1, 0.15) is 0 Å². The Labute approximate surface area is 238 Å². The molecule has 0 aliphatic carbocycles. The fraction of sp³-hybridized carbons (Fsp3) is 1.00. The van der Waals surface area contributed by atoms with Crippen molar-refractivity contribution in [1.29, 1.82) is 0 Å². The molecular weight excluding hydrogens is 498 g/mol. The number of hydrogen-bond acceptors (Lipinski definition) is 6. The van der Waals surface area contributed by atoms with E-state index in [1.165, 1.54) is 96.4 Å². The molecule has 0 unspecified atom stereocenters. The average molecular weight is 565 g/mol. The van der Waals surface area contributed by atoms with Gasteiger partial charge in [-0.15, -0.1) is 0 Å². The molecule has 8 heteroatoms. The summed E-state index contributed by atoms with van der Waals surface area (Å²) in [7, 11) is 6.90. The van der Waals surface area contributed by atoms with E-state index < -0.39 is 8.80 Å². The fourth-order valence-corrected chi connectivity index (χ4v) is 7.21. The predicted molar refractivity (Wildman–Crippen MR) is 161 cm³/mol. The monoisotopic (exact) mass is 564 g/mol. The van der Waals surface area contributed by atoms with E-state index in [1.807, 2.05) is 0 Å². The summed E-state index contributed by atoms with van der Waals surface area (Å²) in [5, 5.41) is 0. The molecule has 0 radical (unpaired) electrons. The summed E-state index contributed by atoms with van der Waals surface area (Å²) in [5.74, 6) is 0. The number of nitrogens with zero attached hydrogens (tertiary/aromatic N) is 1. The van der Waals surface area contributed by atoms with E-state index in [0.29, 0.717) is 39.6 Å². The molecule has 0 fully saturated rings. The molecule has 0 amide bonds. The number of methoxy groups -OCH3 is 3. The molecule has 0 spiro atoms. The highest BCUT2D eigenvalue weighted by molar-refractivity contribution is 6.60. The van der Waals surface area contributed by atoms with Crippen LogP contribution in [-0.2, 0) is 27.5 Å². The number of ether oxygens (including phenoxy) is 3. The summed E-state index contributed by atoms with van der Waals surface area (Å²) >= 11 is 0. The minimum Gasteiger partial charge on any atom is -0.382 e. The third-order valence-electron chi connectivity index (χ3n) is 7.19. The van der Waals surface area contributed by atoms with Crippen LogP contribution >= 0.6 is 0 Å². The number of quaternary nitrogens is 1. The number of rotatable bonds is 31. The first-order valence-corrected chi connectivity index (χ1v) is 17.6. The Hall–Kier alpha value is -0.0631. The van der Waals surface area contributed by atoms with Crippen LogP contribution in [0.15, 0.2) is 0 Å². The van der Waals surface area contributed by atoms with Gasteiger partial charge in [-0.1, -0.05) is 84.0 Å². The lowest BCUT2D eigenvalue weighted by atomic mass is 10.0. The molecule has 0 N–H and O–H groups in total. The minimum atomic E-state index is -2.83. The third-order valence-corrected chi connectivity index (χ3v) is 10.1. The Morgan fingerprint density at radius 1 is 0.447 bits per heavy atom. The van der Waals surface area contributed by atoms with Crippen molar-refractivity contribution in [3.8, 4) is 0 Å². The van der Waals surface area contributed by atoms with Gasteiger partial charge in [-0.25, -0.2) is 0 Å². The zero-order valence-corrected chi connectivity index (χ0v) is 27.4. The maximum atomic E-state index is 6.22. The Morgan fingerprint density at radius 2 is 0.789 bits per heavy atom. The van der Waals surface area contributed by atoms with Gasteiger partial charge in [0.25, 0.3) is 0 Å². The van der Waals surface area contributed by atoms with Crippen LogP contribution in [0, 0.1) is 0 Å². The zero-order chi connectivity index (χ0) is 28.2. The Bertz CT molecular complexity index is 457. The normalized spacial score (nSPS) is 12.5. The van der Waals surface area contributed by atoms with Gasteiger partial charge in [0.2, 0.25) is 0 Å². The van der Waals surface area contributed by atoms with Crippen molar-refractivity contribution in [2.75, 3.05) is 88.2 Å². The lowest BCUT2D eigenvalue weighted by Crippen LogP contribution is -2.49. The molecular formula is C30H66NO6Si+. The number of unbranched alkanes of at least 4 members (excludes halogenated alkanes) is 13. The molecule has 38 heavy (non-hydrogen) atoms. The standard InChI is InChI=1S/C30H66NO6Si/c1-7-8-9-10-11-12-13-14-15-16-17-18-19-20-22-31(2,3)23-21-30-38(35-27-24-32-4,36-28-25-33-5)37-29-26-34-6/h7-30H2,1-6H3/q+1. The van der Waals surface area contributed by atoms with Crippen molar-refractivity contribution in [2.24, 2.45) is 0 Å².